The number of hydrogen-bond acceptors (Lipinski definition) is 2. The second-order valence-electron chi connectivity index (χ2n) is 5.50. The van der Waals surface area contributed by atoms with Gasteiger partial charge in [0.05, 0.1) is 12.3 Å². The molecule has 4 nitrogen and oxygen atoms in total. The zero-order valence-corrected chi connectivity index (χ0v) is 13.6. The standard InChI is InChI=1S/C17H21ClN2O2/c1-12(2)16(13-5-7-14(18)8-6-13)20-17(21)19-10-9-15-4-3-11-22-15/h3-8,11-12,16H,9-10H2,1-2H3,(H2,19,20,21). The molecular formula is C17H21ClN2O2. The SMILES string of the molecule is CC(C)C(NC(=O)NCCc1ccco1)c1ccc(Cl)cc1. The van der Waals surface area contributed by atoms with Crippen molar-refractivity contribution >= 4 is 17.6 Å². The van der Waals surface area contributed by atoms with E-state index in [9.17, 15) is 4.79 Å². The highest BCUT2D eigenvalue weighted by Crippen LogP contribution is 2.23. The van der Waals surface area contributed by atoms with E-state index in [1.165, 1.54) is 0 Å². The van der Waals surface area contributed by atoms with E-state index < -0.39 is 0 Å². The number of furan rings is 1. The number of carbonyl (C=O) groups excluding carboxylic acids is 1. The fraction of sp³-hybridized carbons (Fsp3) is 0.353. The molecule has 2 amide bonds. The molecule has 2 N–H and O–H groups in total. The first-order chi connectivity index (χ1) is 10.6. The van der Waals surface area contributed by atoms with Crippen molar-refractivity contribution in [1.29, 1.82) is 0 Å². The number of benzene rings is 1. The lowest BCUT2D eigenvalue weighted by atomic mass is 9.96. The molecule has 0 aliphatic carbocycles. The van der Waals surface area contributed by atoms with Gasteiger partial charge in [-0.3, -0.25) is 0 Å². The van der Waals surface area contributed by atoms with Crippen molar-refractivity contribution in [3.8, 4) is 0 Å². The van der Waals surface area contributed by atoms with Gasteiger partial charge in [-0.1, -0.05) is 37.6 Å². The van der Waals surface area contributed by atoms with Crippen LogP contribution in [-0.2, 0) is 6.42 Å². The second kappa shape index (κ2) is 7.90. The molecule has 0 bridgehead atoms. The van der Waals surface area contributed by atoms with E-state index in [1.54, 1.807) is 6.26 Å². The Morgan fingerprint density at radius 1 is 1.23 bits per heavy atom. The smallest absolute Gasteiger partial charge is 0.315 e. The van der Waals surface area contributed by atoms with Crippen molar-refractivity contribution in [2.24, 2.45) is 5.92 Å². The zero-order chi connectivity index (χ0) is 15.9. The predicted molar refractivity (Wildman–Crippen MR) is 88.0 cm³/mol. The van der Waals surface area contributed by atoms with E-state index in [4.69, 9.17) is 16.0 Å². The highest BCUT2D eigenvalue weighted by atomic mass is 35.5. The monoisotopic (exact) mass is 320 g/mol. The van der Waals surface area contributed by atoms with Crippen molar-refractivity contribution < 1.29 is 9.21 Å². The van der Waals surface area contributed by atoms with Gasteiger partial charge in [-0.05, 0) is 35.7 Å². The number of carbonyl (C=O) groups is 1. The first-order valence-corrected chi connectivity index (χ1v) is 7.76. The fourth-order valence-corrected chi connectivity index (χ4v) is 2.38. The van der Waals surface area contributed by atoms with Crippen LogP contribution in [0.1, 0.15) is 31.2 Å². The van der Waals surface area contributed by atoms with Crippen molar-refractivity contribution in [2.75, 3.05) is 6.54 Å². The summed E-state index contributed by atoms with van der Waals surface area (Å²) in [7, 11) is 0. The second-order valence-corrected chi connectivity index (χ2v) is 5.94. The van der Waals surface area contributed by atoms with Gasteiger partial charge in [0.25, 0.3) is 0 Å². The first kappa shape index (κ1) is 16.4. The number of nitrogens with one attached hydrogen (secondary N) is 2. The quantitative estimate of drug-likeness (QED) is 0.839. The Labute approximate surface area is 135 Å². The Hall–Kier alpha value is -1.94. The van der Waals surface area contributed by atoms with Crippen molar-refractivity contribution in [3.63, 3.8) is 0 Å². The lowest BCUT2D eigenvalue weighted by molar-refractivity contribution is 0.233. The van der Waals surface area contributed by atoms with E-state index in [0.29, 0.717) is 18.0 Å². The molecular weight excluding hydrogens is 300 g/mol. The van der Waals surface area contributed by atoms with Gasteiger partial charge >= 0.3 is 6.03 Å². The van der Waals surface area contributed by atoms with Gasteiger partial charge in [0.1, 0.15) is 5.76 Å². The Morgan fingerprint density at radius 3 is 2.55 bits per heavy atom. The Balaban J connectivity index is 1.87. The summed E-state index contributed by atoms with van der Waals surface area (Å²) < 4.78 is 5.23. The maximum absolute atomic E-state index is 12.0. The Morgan fingerprint density at radius 2 is 1.95 bits per heavy atom. The highest BCUT2D eigenvalue weighted by Gasteiger charge is 2.18. The Kier molecular flexibility index (Phi) is 5.90. The molecule has 1 aromatic carbocycles. The molecule has 5 heteroatoms. The lowest BCUT2D eigenvalue weighted by Crippen LogP contribution is -2.40. The number of hydrogen-bond donors (Lipinski definition) is 2. The van der Waals surface area contributed by atoms with Gasteiger partial charge < -0.3 is 15.1 Å². The number of amides is 2. The Bertz CT molecular complexity index is 579. The molecule has 22 heavy (non-hydrogen) atoms. The lowest BCUT2D eigenvalue weighted by Gasteiger charge is -2.23. The summed E-state index contributed by atoms with van der Waals surface area (Å²) in [5.74, 6) is 1.13. The van der Waals surface area contributed by atoms with Crippen molar-refractivity contribution in [3.05, 3.63) is 59.0 Å². The topological polar surface area (TPSA) is 54.3 Å². The van der Waals surface area contributed by atoms with Crippen LogP contribution < -0.4 is 10.6 Å². The number of urea groups is 1. The van der Waals surface area contributed by atoms with E-state index >= 15 is 0 Å². The summed E-state index contributed by atoms with van der Waals surface area (Å²) in [6.07, 6.45) is 2.30. The van der Waals surface area contributed by atoms with Crippen LogP contribution in [0.4, 0.5) is 4.79 Å². The van der Waals surface area contributed by atoms with Crippen LogP contribution in [0.15, 0.2) is 47.1 Å². The molecule has 0 aliphatic heterocycles. The van der Waals surface area contributed by atoms with Gasteiger partial charge in [-0.2, -0.15) is 0 Å². The average Bonchev–Trinajstić information content (AvgIpc) is 2.99. The molecule has 2 rings (SSSR count). The molecule has 0 fully saturated rings. The van der Waals surface area contributed by atoms with Crippen LogP contribution in [0.25, 0.3) is 0 Å². The molecule has 1 heterocycles. The summed E-state index contributed by atoms with van der Waals surface area (Å²) in [6, 6.07) is 11.0. The van der Waals surface area contributed by atoms with Crippen LogP contribution in [-0.4, -0.2) is 12.6 Å². The van der Waals surface area contributed by atoms with Crippen molar-refractivity contribution in [1.82, 2.24) is 10.6 Å². The van der Waals surface area contributed by atoms with Gasteiger partial charge in [-0.15, -0.1) is 0 Å². The van der Waals surface area contributed by atoms with Crippen LogP contribution in [0.5, 0.6) is 0 Å². The van der Waals surface area contributed by atoms with E-state index in [2.05, 4.69) is 24.5 Å². The largest absolute Gasteiger partial charge is 0.469 e. The van der Waals surface area contributed by atoms with Crippen LogP contribution in [0.2, 0.25) is 5.02 Å². The number of halogens is 1. The molecule has 1 atom stereocenters. The van der Waals surface area contributed by atoms with Crippen LogP contribution in [0, 0.1) is 5.92 Å². The molecule has 0 spiro atoms. The molecule has 0 aliphatic rings. The third kappa shape index (κ3) is 4.81. The maximum Gasteiger partial charge on any atom is 0.315 e. The van der Waals surface area contributed by atoms with E-state index in [1.807, 2.05) is 36.4 Å². The minimum absolute atomic E-state index is 0.0547. The third-order valence-corrected chi connectivity index (χ3v) is 3.67. The summed E-state index contributed by atoms with van der Waals surface area (Å²) in [6.45, 7) is 4.68. The summed E-state index contributed by atoms with van der Waals surface area (Å²) in [5.41, 5.74) is 1.04. The average molecular weight is 321 g/mol. The normalized spacial score (nSPS) is 12.2. The zero-order valence-electron chi connectivity index (χ0n) is 12.8. The minimum atomic E-state index is -0.180. The first-order valence-electron chi connectivity index (χ1n) is 7.38. The minimum Gasteiger partial charge on any atom is -0.469 e. The third-order valence-electron chi connectivity index (χ3n) is 3.42. The van der Waals surface area contributed by atoms with Crippen LogP contribution in [0.3, 0.4) is 0 Å². The highest BCUT2D eigenvalue weighted by molar-refractivity contribution is 6.30. The fourth-order valence-electron chi connectivity index (χ4n) is 2.25. The van der Waals surface area contributed by atoms with Gasteiger partial charge in [0, 0.05) is 18.0 Å². The molecule has 1 aromatic heterocycles. The molecule has 0 radical (unpaired) electrons. The summed E-state index contributed by atoms with van der Waals surface area (Å²) >= 11 is 5.91. The summed E-state index contributed by atoms with van der Waals surface area (Å²) in [4.78, 5) is 12.0. The van der Waals surface area contributed by atoms with Crippen LogP contribution >= 0.6 is 11.6 Å². The molecule has 0 saturated heterocycles. The maximum atomic E-state index is 12.0. The van der Waals surface area contributed by atoms with E-state index in [-0.39, 0.29) is 18.0 Å². The molecule has 0 saturated carbocycles. The van der Waals surface area contributed by atoms with Gasteiger partial charge in [0.15, 0.2) is 0 Å². The summed E-state index contributed by atoms with van der Waals surface area (Å²) in [5, 5.41) is 6.55. The molecule has 1 unspecified atom stereocenters. The van der Waals surface area contributed by atoms with Gasteiger partial charge in [0.2, 0.25) is 0 Å². The molecule has 118 valence electrons. The van der Waals surface area contributed by atoms with Gasteiger partial charge in [-0.25, -0.2) is 4.79 Å². The molecule has 2 aromatic rings. The number of rotatable bonds is 6. The van der Waals surface area contributed by atoms with Crippen molar-refractivity contribution in [2.45, 2.75) is 26.3 Å². The predicted octanol–water partition coefficient (Wildman–Crippen LogP) is 4.17. The van der Waals surface area contributed by atoms with E-state index in [0.717, 1.165) is 11.3 Å².